The molecule has 1 N–H and O–H groups in total. The molecule has 3 heterocycles. The molecule has 0 atom stereocenters. The van der Waals surface area contributed by atoms with E-state index in [1.165, 1.54) is 0 Å². The highest BCUT2D eigenvalue weighted by molar-refractivity contribution is 6.33. The van der Waals surface area contributed by atoms with Crippen LogP contribution in [0.25, 0.3) is 0 Å². The molecule has 1 spiro atoms. The zero-order chi connectivity index (χ0) is 29.4. The van der Waals surface area contributed by atoms with Crippen LogP contribution in [0.5, 0.6) is 0 Å². The number of hydrogen-bond donors (Lipinski definition) is 1. The number of hydrogen-bond acceptors (Lipinski definition) is 4. The van der Waals surface area contributed by atoms with Crippen molar-refractivity contribution in [3.05, 3.63) is 124 Å². The van der Waals surface area contributed by atoms with E-state index in [0.717, 1.165) is 29.1 Å². The Morgan fingerprint density at radius 3 is 2.33 bits per heavy atom. The van der Waals surface area contributed by atoms with Crippen molar-refractivity contribution >= 4 is 40.7 Å². The molecule has 2 aliphatic heterocycles. The molecule has 3 aromatic carbocycles. The van der Waals surface area contributed by atoms with Gasteiger partial charge in [0.25, 0.3) is 17.7 Å². The molecule has 6 rings (SSSR count). The first-order valence-corrected chi connectivity index (χ1v) is 14.1. The number of carbonyl (C=O) groups excluding carboxylic acids is 3. The summed E-state index contributed by atoms with van der Waals surface area (Å²) in [7, 11) is 0. The Hall–Kier alpha value is -4.56. The van der Waals surface area contributed by atoms with E-state index < -0.39 is 11.7 Å². The van der Waals surface area contributed by atoms with Crippen molar-refractivity contribution < 1.29 is 18.8 Å². The van der Waals surface area contributed by atoms with Crippen molar-refractivity contribution in [2.75, 3.05) is 29.9 Å². The summed E-state index contributed by atoms with van der Waals surface area (Å²) in [5.41, 5.74) is 4.29. The minimum Gasteiger partial charge on any atom is -0.339 e. The van der Waals surface area contributed by atoms with Gasteiger partial charge in [-0.2, -0.15) is 0 Å². The van der Waals surface area contributed by atoms with Gasteiger partial charge in [0.1, 0.15) is 11.0 Å². The van der Waals surface area contributed by atoms with Crippen molar-refractivity contribution in [1.82, 2.24) is 9.88 Å². The Balaban J connectivity index is 1.16. The van der Waals surface area contributed by atoms with E-state index in [0.29, 0.717) is 49.3 Å². The first kappa shape index (κ1) is 27.6. The van der Waals surface area contributed by atoms with Crippen LogP contribution in [0.3, 0.4) is 0 Å². The molecule has 3 amide bonds. The normalized spacial score (nSPS) is 15.4. The quantitative estimate of drug-likeness (QED) is 0.288. The number of piperidine rings is 1. The van der Waals surface area contributed by atoms with Gasteiger partial charge in [0.15, 0.2) is 0 Å². The van der Waals surface area contributed by atoms with Crippen LogP contribution in [-0.2, 0) is 5.41 Å². The molecule has 0 aliphatic carbocycles. The highest BCUT2D eigenvalue weighted by Crippen LogP contribution is 2.48. The van der Waals surface area contributed by atoms with E-state index in [2.05, 4.69) is 16.4 Å². The van der Waals surface area contributed by atoms with E-state index in [-0.39, 0.29) is 27.9 Å². The van der Waals surface area contributed by atoms with Gasteiger partial charge in [-0.1, -0.05) is 47.5 Å². The zero-order valence-corrected chi connectivity index (χ0v) is 23.7. The van der Waals surface area contributed by atoms with Crippen LogP contribution in [0.1, 0.15) is 55.0 Å². The van der Waals surface area contributed by atoms with E-state index in [9.17, 15) is 18.8 Å². The molecule has 0 saturated carbocycles. The molecule has 0 bridgehead atoms. The number of aromatic nitrogens is 1. The average Bonchev–Trinajstić information content (AvgIpc) is 3.31. The topological polar surface area (TPSA) is 82.6 Å². The summed E-state index contributed by atoms with van der Waals surface area (Å²) < 4.78 is 14.0. The molecular weight excluding hydrogens is 555 g/mol. The van der Waals surface area contributed by atoms with Gasteiger partial charge in [-0.3, -0.25) is 14.4 Å². The first-order valence-electron chi connectivity index (χ1n) is 13.7. The van der Waals surface area contributed by atoms with Crippen molar-refractivity contribution in [3.63, 3.8) is 0 Å². The summed E-state index contributed by atoms with van der Waals surface area (Å²) in [6.07, 6.45) is 2.32. The van der Waals surface area contributed by atoms with E-state index in [1.54, 1.807) is 53.4 Å². The van der Waals surface area contributed by atoms with Gasteiger partial charge in [-0.15, -0.1) is 0 Å². The fourth-order valence-electron chi connectivity index (χ4n) is 5.92. The largest absolute Gasteiger partial charge is 0.339 e. The smallest absolute Gasteiger partial charge is 0.261 e. The molecule has 0 unspecified atom stereocenters. The molecule has 0 radical (unpaired) electrons. The Morgan fingerprint density at radius 1 is 0.905 bits per heavy atom. The predicted octanol–water partition coefficient (Wildman–Crippen LogP) is 6.27. The number of pyridine rings is 1. The molecule has 7 nitrogen and oxygen atoms in total. The van der Waals surface area contributed by atoms with E-state index in [1.807, 2.05) is 30.0 Å². The van der Waals surface area contributed by atoms with E-state index in [4.69, 9.17) is 11.6 Å². The maximum Gasteiger partial charge on any atom is 0.261 e. The molecule has 1 fully saturated rings. The third-order valence-electron chi connectivity index (χ3n) is 8.19. The number of halogens is 2. The summed E-state index contributed by atoms with van der Waals surface area (Å²) in [4.78, 5) is 46.7. The monoisotopic (exact) mass is 582 g/mol. The number of carbonyl (C=O) groups is 3. The van der Waals surface area contributed by atoms with Gasteiger partial charge in [0.2, 0.25) is 0 Å². The predicted molar refractivity (Wildman–Crippen MR) is 160 cm³/mol. The minimum absolute atomic E-state index is 0.0243. The Kier molecular flexibility index (Phi) is 7.24. The highest BCUT2D eigenvalue weighted by Gasteiger charge is 2.47. The number of aryl methyl sites for hydroxylation is 1. The number of rotatable bonds is 4. The Morgan fingerprint density at radius 2 is 1.62 bits per heavy atom. The lowest BCUT2D eigenvalue weighted by Gasteiger charge is -2.40. The van der Waals surface area contributed by atoms with Gasteiger partial charge >= 0.3 is 0 Å². The lowest BCUT2D eigenvalue weighted by atomic mass is 9.74. The zero-order valence-electron chi connectivity index (χ0n) is 22.9. The number of amides is 3. The van der Waals surface area contributed by atoms with Crippen molar-refractivity contribution in [1.29, 1.82) is 0 Å². The van der Waals surface area contributed by atoms with Gasteiger partial charge < -0.3 is 15.1 Å². The maximum atomic E-state index is 14.0. The number of fused-ring (bicyclic) bond motifs is 2. The van der Waals surface area contributed by atoms with Crippen LogP contribution in [0.15, 0.2) is 85.1 Å². The summed E-state index contributed by atoms with van der Waals surface area (Å²) in [6.45, 7) is 3.46. The Bertz CT molecular complexity index is 1690. The van der Waals surface area contributed by atoms with Gasteiger partial charge in [-0.05, 0) is 73.9 Å². The maximum absolute atomic E-state index is 14.0. The molecule has 1 saturated heterocycles. The summed E-state index contributed by atoms with van der Waals surface area (Å²) in [5, 5.41) is 2.81. The fraction of sp³-hybridized carbons (Fsp3) is 0.212. The number of anilines is 2. The van der Waals surface area contributed by atoms with Crippen LogP contribution in [-0.4, -0.2) is 47.2 Å². The molecule has 2 aliphatic rings. The summed E-state index contributed by atoms with van der Waals surface area (Å²) >= 11 is 6.18. The number of likely N-dealkylation sites (tertiary alicyclic amines) is 1. The second-order valence-electron chi connectivity index (χ2n) is 10.9. The minimum atomic E-state index is -0.626. The number of nitrogens with one attached hydrogen (secondary N) is 1. The average molecular weight is 583 g/mol. The molecule has 4 aromatic rings. The van der Waals surface area contributed by atoms with Crippen molar-refractivity contribution in [2.24, 2.45) is 0 Å². The van der Waals surface area contributed by atoms with Gasteiger partial charge in [0, 0.05) is 47.6 Å². The van der Waals surface area contributed by atoms with Gasteiger partial charge in [-0.25, -0.2) is 9.37 Å². The lowest BCUT2D eigenvalue weighted by Crippen LogP contribution is -2.47. The highest BCUT2D eigenvalue weighted by atomic mass is 35.5. The second-order valence-corrected chi connectivity index (χ2v) is 11.2. The molecule has 42 heavy (non-hydrogen) atoms. The van der Waals surface area contributed by atoms with Crippen LogP contribution >= 0.6 is 11.6 Å². The standard InChI is InChI=1S/C33H28ClFN4O3/c1-21-7-12-28-27(17-21)33(20-39(28)32(42)26-18-24(35)19-36-29(26)34)13-15-38(16-14-33)31(41)23-8-10-25(11-9-23)37-30(40)22-5-3-2-4-6-22/h2-12,17-19H,13-16,20H2,1H3,(H,37,40). The van der Waals surface area contributed by atoms with E-state index >= 15 is 0 Å². The summed E-state index contributed by atoms with van der Waals surface area (Å²) in [6, 6.07) is 22.9. The third kappa shape index (κ3) is 5.14. The lowest BCUT2D eigenvalue weighted by molar-refractivity contribution is 0.0670. The molecule has 212 valence electrons. The second kappa shape index (κ2) is 11.0. The van der Waals surface area contributed by atoms with Crippen LogP contribution in [0.2, 0.25) is 5.15 Å². The molecule has 1 aromatic heterocycles. The van der Waals surface area contributed by atoms with Crippen LogP contribution in [0.4, 0.5) is 15.8 Å². The SMILES string of the molecule is Cc1ccc2c(c1)C1(CCN(C(=O)c3ccc(NC(=O)c4ccccc4)cc3)CC1)CN2C(=O)c1cc(F)cnc1Cl. The Labute approximate surface area is 247 Å². The number of benzene rings is 3. The summed E-state index contributed by atoms with van der Waals surface area (Å²) in [5.74, 6) is -1.32. The fourth-order valence-corrected chi connectivity index (χ4v) is 6.10. The van der Waals surface area contributed by atoms with Gasteiger partial charge in [0.05, 0.1) is 11.8 Å². The van der Waals surface area contributed by atoms with Crippen LogP contribution in [0, 0.1) is 12.7 Å². The van der Waals surface area contributed by atoms with Crippen molar-refractivity contribution in [3.8, 4) is 0 Å². The molecular formula is C33H28ClFN4O3. The first-order chi connectivity index (χ1) is 20.2. The third-order valence-corrected chi connectivity index (χ3v) is 8.49. The molecule has 9 heteroatoms. The van der Waals surface area contributed by atoms with Crippen molar-refractivity contribution in [2.45, 2.75) is 25.2 Å². The van der Waals surface area contributed by atoms with Crippen LogP contribution < -0.4 is 10.2 Å². The number of nitrogens with zero attached hydrogens (tertiary/aromatic N) is 3.